The Hall–Kier alpha value is -4.46. The fourth-order valence-corrected chi connectivity index (χ4v) is 4.05. The van der Waals surface area contributed by atoms with Crippen LogP contribution in [0.1, 0.15) is 29.2 Å². The molecule has 1 amide bonds. The molecule has 8 nitrogen and oxygen atoms in total. The molecule has 34 heavy (non-hydrogen) atoms. The largest absolute Gasteiger partial charge is 0.550 e. The summed E-state index contributed by atoms with van der Waals surface area (Å²) >= 11 is 0. The highest BCUT2D eigenvalue weighted by Crippen LogP contribution is 2.43. The molecule has 172 valence electrons. The van der Waals surface area contributed by atoms with Crippen LogP contribution in [0.25, 0.3) is 0 Å². The van der Waals surface area contributed by atoms with Crippen LogP contribution in [0.2, 0.25) is 0 Å². The fraction of sp³-hybridized carbons (Fsp3) is 0.154. The molecular formula is C26H22N3O5-. The molecule has 0 unspecified atom stereocenters. The minimum absolute atomic E-state index is 0.116. The van der Waals surface area contributed by atoms with Crippen molar-refractivity contribution in [3.05, 3.63) is 111 Å². The third-order valence-corrected chi connectivity index (χ3v) is 5.71. The Morgan fingerprint density at radius 3 is 2.21 bits per heavy atom. The quantitative estimate of drug-likeness (QED) is 0.427. The molecular weight excluding hydrogens is 434 g/mol. The summed E-state index contributed by atoms with van der Waals surface area (Å²) < 4.78 is 0. The third kappa shape index (κ3) is 4.52. The van der Waals surface area contributed by atoms with Gasteiger partial charge in [0.15, 0.2) is 0 Å². The number of aryl methyl sites for hydroxylation is 2. The number of benzene rings is 3. The van der Waals surface area contributed by atoms with Crippen LogP contribution in [-0.2, 0) is 9.59 Å². The Labute approximate surface area is 196 Å². The lowest BCUT2D eigenvalue weighted by Gasteiger charge is -2.28. The summed E-state index contributed by atoms with van der Waals surface area (Å²) in [6.45, 7) is 3.85. The molecule has 4 rings (SSSR count). The molecule has 0 spiro atoms. The number of nitrogens with zero attached hydrogens (tertiary/aromatic N) is 2. The number of aliphatic carboxylic acids is 1. The smallest absolute Gasteiger partial charge is 0.275 e. The maximum absolute atomic E-state index is 13.7. The fourth-order valence-electron chi connectivity index (χ4n) is 4.05. The molecule has 0 radical (unpaired) electrons. The first-order valence-corrected chi connectivity index (χ1v) is 10.7. The third-order valence-electron chi connectivity index (χ3n) is 5.71. The molecule has 0 saturated carbocycles. The molecule has 1 heterocycles. The summed E-state index contributed by atoms with van der Waals surface area (Å²) in [5.74, 6) is -1.79. The van der Waals surface area contributed by atoms with Gasteiger partial charge in [0.2, 0.25) is 0 Å². The van der Waals surface area contributed by atoms with E-state index >= 15 is 0 Å². The molecule has 0 aliphatic carbocycles. The van der Waals surface area contributed by atoms with E-state index in [0.29, 0.717) is 16.9 Å². The number of carbonyl (C=O) groups excluding carboxylic acids is 2. The van der Waals surface area contributed by atoms with Crippen LogP contribution in [0.15, 0.2) is 84.1 Å². The van der Waals surface area contributed by atoms with Crippen molar-refractivity contribution in [1.82, 2.24) is 0 Å². The molecule has 0 saturated heterocycles. The number of carboxylic acids is 1. The number of nitro groups is 1. The molecule has 0 aromatic heterocycles. The Morgan fingerprint density at radius 2 is 1.62 bits per heavy atom. The second-order valence-corrected chi connectivity index (χ2v) is 8.21. The first-order chi connectivity index (χ1) is 16.2. The highest BCUT2D eigenvalue weighted by Gasteiger charge is 2.41. The van der Waals surface area contributed by atoms with E-state index in [-0.39, 0.29) is 17.0 Å². The maximum Gasteiger partial charge on any atom is 0.275 e. The van der Waals surface area contributed by atoms with Crippen LogP contribution in [0, 0.1) is 24.0 Å². The van der Waals surface area contributed by atoms with Gasteiger partial charge in [-0.15, -0.1) is 0 Å². The summed E-state index contributed by atoms with van der Waals surface area (Å²) in [5, 5.41) is 26.2. The minimum Gasteiger partial charge on any atom is -0.550 e. The van der Waals surface area contributed by atoms with E-state index in [1.807, 2.05) is 38.1 Å². The van der Waals surface area contributed by atoms with Crippen molar-refractivity contribution in [3.8, 4) is 0 Å². The highest BCUT2D eigenvalue weighted by atomic mass is 16.6. The first kappa shape index (κ1) is 22.7. The summed E-state index contributed by atoms with van der Waals surface area (Å²) in [6, 6.07) is 19.6. The standard InChI is InChI=1S/C26H23N3O5/c1-16-6-10-19(11-7-16)27-24-22(15-23(30)31)25(18-4-3-5-21(14-18)29(33)34)28(26(24)32)20-12-8-17(2)9-13-20/h3-14,25,27H,15H2,1-2H3,(H,30,31)/p-1/t25-/m0/s1. The van der Waals surface area contributed by atoms with Crippen LogP contribution in [-0.4, -0.2) is 16.8 Å². The van der Waals surface area contributed by atoms with Gasteiger partial charge in [-0.05, 0) is 49.2 Å². The number of nitrogens with one attached hydrogen (secondary N) is 1. The lowest BCUT2D eigenvalue weighted by molar-refractivity contribution is -0.384. The normalized spacial score (nSPS) is 15.5. The van der Waals surface area contributed by atoms with Gasteiger partial charge < -0.3 is 15.2 Å². The highest BCUT2D eigenvalue weighted by molar-refractivity contribution is 6.12. The number of anilines is 2. The van der Waals surface area contributed by atoms with Gasteiger partial charge in [0, 0.05) is 35.9 Å². The Morgan fingerprint density at radius 1 is 1.00 bits per heavy atom. The van der Waals surface area contributed by atoms with Crippen molar-refractivity contribution >= 4 is 28.9 Å². The summed E-state index contributed by atoms with van der Waals surface area (Å²) in [6.07, 6.45) is -0.518. The second kappa shape index (κ2) is 9.19. The molecule has 1 atom stereocenters. The number of rotatable bonds is 7. The molecule has 0 fully saturated rings. The first-order valence-electron chi connectivity index (χ1n) is 10.7. The zero-order valence-corrected chi connectivity index (χ0v) is 18.6. The van der Waals surface area contributed by atoms with E-state index in [9.17, 15) is 24.8 Å². The van der Waals surface area contributed by atoms with Crippen molar-refractivity contribution in [2.24, 2.45) is 0 Å². The van der Waals surface area contributed by atoms with Gasteiger partial charge in [-0.1, -0.05) is 47.5 Å². The summed E-state index contributed by atoms with van der Waals surface area (Å²) in [7, 11) is 0. The predicted octanol–water partition coefficient (Wildman–Crippen LogP) is 3.81. The van der Waals surface area contributed by atoms with Crippen molar-refractivity contribution in [3.63, 3.8) is 0 Å². The van der Waals surface area contributed by atoms with Crippen LogP contribution in [0.5, 0.6) is 0 Å². The molecule has 1 aliphatic rings. The van der Waals surface area contributed by atoms with E-state index in [2.05, 4.69) is 5.32 Å². The molecule has 1 N–H and O–H groups in total. The Bertz CT molecular complexity index is 1300. The van der Waals surface area contributed by atoms with Crippen LogP contribution < -0.4 is 15.3 Å². The second-order valence-electron chi connectivity index (χ2n) is 8.21. The van der Waals surface area contributed by atoms with Crippen molar-refractivity contribution in [2.45, 2.75) is 26.3 Å². The van der Waals surface area contributed by atoms with E-state index in [0.717, 1.165) is 11.1 Å². The minimum atomic E-state index is -1.35. The lowest BCUT2D eigenvalue weighted by atomic mass is 9.95. The molecule has 3 aromatic carbocycles. The van der Waals surface area contributed by atoms with Gasteiger partial charge in [-0.25, -0.2) is 0 Å². The average molecular weight is 456 g/mol. The van der Waals surface area contributed by atoms with Crippen molar-refractivity contribution < 1.29 is 19.6 Å². The average Bonchev–Trinajstić information content (AvgIpc) is 3.06. The van der Waals surface area contributed by atoms with E-state index in [4.69, 9.17) is 0 Å². The number of carbonyl (C=O) groups is 2. The number of nitro benzene ring substituents is 1. The predicted molar refractivity (Wildman–Crippen MR) is 126 cm³/mol. The molecule has 8 heteroatoms. The van der Waals surface area contributed by atoms with Crippen molar-refractivity contribution in [1.29, 1.82) is 0 Å². The summed E-state index contributed by atoms with van der Waals surface area (Å²) in [5.41, 5.74) is 3.85. The van der Waals surface area contributed by atoms with Gasteiger partial charge in [0.05, 0.1) is 11.0 Å². The van der Waals surface area contributed by atoms with Gasteiger partial charge in [0.25, 0.3) is 11.6 Å². The van der Waals surface area contributed by atoms with Gasteiger partial charge in [-0.2, -0.15) is 0 Å². The van der Waals surface area contributed by atoms with Gasteiger partial charge in [0.1, 0.15) is 5.70 Å². The monoisotopic (exact) mass is 456 g/mol. The zero-order chi connectivity index (χ0) is 24.4. The Balaban J connectivity index is 1.90. The van der Waals surface area contributed by atoms with Crippen molar-refractivity contribution in [2.75, 3.05) is 10.2 Å². The number of amides is 1. The molecule has 0 bridgehead atoms. The van der Waals surface area contributed by atoms with E-state index < -0.39 is 29.3 Å². The van der Waals surface area contributed by atoms with E-state index in [1.54, 1.807) is 30.3 Å². The van der Waals surface area contributed by atoms with Gasteiger partial charge in [-0.3, -0.25) is 19.8 Å². The Kier molecular flexibility index (Phi) is 6.14. The topological polar surface area (TPSA) is 116 Å². The van der Waals surface area contributed by atoms with E-state index in [1.165, 1.54) is 23.1 Å². The van der Waals surface area contributed by atoms with Crippen LogP contribution in [0.4, 0.5) is 17.1 Å². The number of hydrogen-bond acceptors (Lipinski definition) is 6. The number of non-ortho nitro benzene ring substituents is 1. The van der Waals surface area contributed by atoms with Crippen LogP contribution >= 0.6 is 0 Å². The maximum atomic E-state index is 13.7. The lowest BCUT2D eigenvalue weighted by Crippen LogP contribution is -2.31. The van der Waals surface area contributed by atoms with Crippen LogP contribution in [0.3, 0.4) is 0 Å². The number of hydrogen-bond donors (Lipinski definition) is 1. The SMILES string of the molecule is Cc1ccc(NC2=C(CC(=O)[O-])[C@H](c3cccc([N+](=O)[O-])c3)N(c3ccc(C)cc3)C2=O)cc1. The zero-order valence-electron chi connectivity index (χ0n) is 18.6. The molecule has 3 aromatic rings. The summed E-state index contributed by atoms with van der Waals surface area (Å²) in [4.78, 5) is 37.8. The van der Waals surface area contributed by atoms with Gasteiger partial charge >= 0.3 is 0 Å². The number of carboxylic acid groups (broad SMARTS) is 1. The molecule has 1 aliphatic heterocycles.